The zero-order chi connectivity index (χ0) is 16.1. The van der Waals surface area contributed by atoms with E-state index in [1.54, 1.807) is 20.8 Å². The van der Waals surface area contributed by atoms with Gasteiger partial charge in [0.05, 0.1) is 5.41 Å². The highest BCUT2D eigenvalue weighted by Gasteiger charge is 2.37. The van der Waals surface area contributed by atoms with Crippen molar-refractivity contribution in [3.8, 4) is 0 Å². The molecule has 0 spiro atoms. The Hall–Kier alpha value is -1.79. The maximum atomic E-state index is 12.1. The number of carboxylic acids is 1. The van der Waals surface area contributed by atoms with Gasteiger partial charge in [0.1, 0.15) is 5.54 Å². The normalized spacial score (nSPS) is 11.7. The second-order valence-electron chi connectivity index (χ2n) is 5.73. The molecule has 0 aliphatic carbocycles. The predicted octanol–water partition coefficient (Wildman–Crippen LogP) is 0.653. The summed E-state index contributed by atoms with van der Waals surface area (Å²) in [6, 6.07) is -0.503. The number of urea groups is 1. The standard InChI is InChI=1S/C13H25N3O4/c1-7-16(13(4,5)10(18)19)11(20)15-8-12(2,3)9(17)14-6/h7-8H2,1-6H3,(H,14,17)(H,15,20)(H,18,19). The fourth-order valence-electron chi connectivity index (χ4n) is 1.72. The molecule has 0 aromatic heterocycles. The molecule has 0 aliphatic rings. The van der Waals surface area contributed by atoms with Crippen molar-refractivity contribution in [2.45, 2.75) is 40.2 Å². The molecule has 7 nitrogen and oxygen atoms in total. The number of likely N-dealkylation sites (N-methyl/N-ethyl adjacent to an activating group) is 1. The molecule has 0 heterocycles. The summed E-state index contributed by atoms with van der Waals surface area (Å²) >= 11 is 0. The van der Waals surface area contributed by atoms with Crippen LogP contribution in [0.3, 0.4) is 0 Å². The fraction of sp³-hybridized carbons (Fsp3) is 0.769. The van der Waals surface area contributed by atoms with Crippen LogP contribution >= 0.6 is 0 Å². The number of aliphatic carboxylic acids is 1. The van der Waals surface area contributed by atoms with Crippen LogP contribution < -0.4 is 10.6 Å². The van der Waals surface area contributed by atoms with Crippen molar-refractivity contribution in [1.82, 2.24) is 15.5 Å². The molecular weight excluding hydrogens is 262 g/mol. The maximum absolute atomic E-state index is 12.1. The van der Waals surface area contributed by atoms with Crippen LogP contribution in [0.4, 0.5) is 4.79 Å². The molecule has 20 heavy (non-hydrogen) atoms. The van der Waals surface area contributed by atoms with Gasteiger partial charge < -0.3 is 20.6 Å². The van der Waals surface area contributed by atoms with Gasteiger partial charge in [-0.3, -0.25) is 4.79 Å². The fourth-order valence-corrected chi connectivity index (χ4v) is 1.72. The van der Waals surface area contributed by atoms with Gasteiger partial charge in [-0.2, -0.15) is 0 Å². The molecule has 0 radical (unpaired) electrons. The van der Waals surface area contributed by atoms with Crippen molar-refractivity contribution in [2.75, 3.05) is 20.1 Å². The van der Waals surface area contributed by atoms with Crippen LogP contribution in [-0.4, -0.2) is 53.6 Å². The topological polar surface area (TPSA) is 98.7 Å². The summed E-state index contributed by atoms with van der Waals surface area (Å²) in [6.45, 7) is 8.40. The van der Waals surface area contributed by atoms with Crippen LogP contribution in [0.15, 0.2) is 0 Å². The molecule has 116 valence electrons. The van der Waals surface area contributed by atoms with Gasteiger partial charge in [-0.25, -0.2) is 9.59 Å². The van der Waals surface area contributed by atoms with Gasteiger partial charge >= 0.3 is 12.0 Å². The Balaban J connectivity index is 4.84. The van der Waals surface area contributed by atoms with Crippen LogP contribution in [0.5, 0.6) is 0 Å². The monoisotopic (exact) mass is 287 g/mol. The first-order valence-electron chi connectivity index (χ1n) is 6.51. The Morgan fingerprint density at radius 3 is 2.00 bits per heavy atom. The number of carbonyl (C=O) groups is 3. The summed E-state index contributed by atoms with van der Waals surface area (Å²) < 4.78 is 0. The number of amides is 3. The van der Waals surface area contributed by atoms with Crippen LogP contribution in [0.25, 0.3) is 0 Å². The Labute approximate surface area is 119 Å². The second-order valence-corrected chi connectivity index (χ2v) is 5.73. The largest absolute Gasteiger partial charge is 0.480 e. The molecular formula is C13H25N3O4. The Morgan fingerprint density at radius 1 is 1.15 bits per heavy atom. The highest BCUT2D eigenvalue weighted by atomic mass is 16.4. The number of rotatable bonds is 6. The number of carbonyl (C=O) groups excluding carboxylic acids is 2. The third kappa shape index (κ3) is 4.11. The van der Waals surface area contributed by atoms with Gasteiger partial charge in [0, 0.05) is 20.1 Å². The Bertz CT molecular complexity index is 391. The minimum atomic E-state index is -1.31. The van der Waals surface area contributed by atoms with Gasteiger partial charge in [0.15, 0.2) is 0 Å². The zero-order valence-electron chi connectivity index (χ0n) is 13.0. The highest BCUT2D eigenvalue weighted by molar-refractivity contribution is 5.86. The number of carboxylic acid groups (broad SMARTS) is 1. The first kappa shape index (κ1) is 18.2. The molecule has 0 atom stereocenters. The highest BCUT2D eigenvalue weighted by Crippen LogP contribution is 2.17. The van der Waals surface area contributed by atoms with E-state index in [1.165, 1.54) is 25.8 Å². The van der Waals surface area contributed by atoms with Crippen molar-refractivity contribution in [2.24, 2.45) is 5.41 Å². The lowest BCUT2D eigenvalue weighted by Crippen LogP contribution is -2.57. The average molecular weight is 287 g/mol. The summed E-state index contributed by atoms with van der Waals surface area (Å²) in [5, 5.41) is 14.3. The summed E-state index contributed by atoms with van der Waals surface area (Å²) in [4.78, 5) is 36.1. The van der Waals surface area contributed by atoms with Gasteiger partial charge in [-0.1, -0.05) is 0 Å². The van der Waals surface area contributed by atoms with E-state index in [0.717, 1.165) is 0 Å². The van der Waals surface area contributed by atoms with E-state index >= 15 is 0 Å². The quantitative estimate of drug-likeness (QED) is 0.668. The Morgan fingerprint density at radius 2 is 1.65 bits per heavy atom. The summed E-state index contributed by atoms with van der Waals surface area (Å²) in [5.41, 5.74) is -2.08. The molecule has 0 unspecified atom stereocenters. The van der Waals surface area contributed by atoms with E-state index in [-0.39, 0.29) is 19.0 Å². The van der Waals surface area contributed by atoms with Crippen LogP contribution in [0, 0.1) is 5.41 Å². The maximum Gasteiger partial charge on any atom is 0.329 e. The number of hydrogen-bond acceptors (Lipinski definition) is 3. The predicted molar refractivity (Wildman–Crippen MR) is 75.3 cm³/mol. The van der Waals surface area contributed by atoms with E-state index < -0.39 is 23.0 Å². The molecule has 0 saturated carbocycles. The average Bonchev–Trinajstić information content (AvgIpc) is 2.35. The van der Waals surface area contributed by atoms with Gasteiger partial charge in [0.2, 0.25) is 5.91 Å². The van der Waals surface area contributed by atoms with E-state index in [9.17, 15) is 14.4 Å². The summed E-state index contributed by atoms with van der Waals surface area (Å²) in [5.74, 6) is -1.28. The van der Waals surface area contributed by atoms with E-state index in [0.29, 0.717) is 0 Å². The van der Waals surface area contributed by atoms with Crippen LogP contribution in [-0.2, 0) is 9.59 Å². The van der Waals surface area contributed by atoms with Gasteiger partial charge in [0.25, 0.3) is 0 Å². The smallest absolute Gasteiger partial charge is 0.329 e. The minimum Gasteiger partial charge on any atom is -0.480 e. The van der Waals surface area contributed by atoms with Crippen molar-refractivity contribution in [3.63, 3.8) is 0 Å². The zero-order valence-corrected chi connectivity index (χ0v) is 13.0. The lowest BCUT2D eigenvalue weighted by molar-refractivity contribution is -0.147. The number of nitrogens with zero attached hydrogens (tertiary/aromatic N) is 1. The third-order valence-corrected chi connectivity index (χ3v) is 3.28. The molecule has 3 amide bonds. The Kier molecular flexibility index (Phi) is 5.99. The van der Waals surface area contributed by atoms with Gasteiger partial charge in [-0.05, 0) is 34.6 Å². The molecule has 0 saturated heterocycles. The summed E-state index contributed by atoms with van der Waals surface area (Å²) in [7, 11) is 1.53. The summed E-state index contributed by atoms with van der Waals surface area (Å²) in [6.07, 6.45) is 0. The molecule has 0 fully saturated rings. The molecule has 0 bridgehead atoms. The molecule has 0 aromatic rings. The van der Waals surface area contributed by atoms with Crippen molar-refractivity contribution in [1.29, 1.82) is 0 Å². The van der Waals surface area contributed by atoms with E-state index in [1.807, 2.05) is 0 Å². The van der Waals surface area contributed by atoms with E-state index in [2.05, 4.69) is 10.6 Å². The van der Waals surface area contributed by atoms with Crippen LogP contribution in [0.2, 0.25) is 0 Å². The first-order chi connectivity index (χ1) is 9.00. The molecule has 0 aliphatic heterocycles. The van der Waals surface area contributed by atoms with Crippen molar-refractivity contribution in [3.05, 3.63) is 0 Å². The number of nitrogens with one attached hydrogen (secondary N) is 2. The number of hydrogen-bond donors (Lipinski definition) is 3. The molecule has 7 heteroatoms. The van der Waals surface area contributed by atoms with Crippen molar-refractivity contribution >= 4 is 17.9 Å². The minimum absolute atomic E-state index is 0.123. The second kappa shape index (κ2) is 6.58. The lowest BCUT2D eigenvalue weighted by atomic mass is 9.92. The molecule has 0 rings (SSSR count). The van der Waals surface area contributed by atoms with Crippen molar-refractivity contribution < 1.29 is 19.5 Å². The van der Waals surface area contributed by atoms with Crippen LogP contribution in [0.1, 0.15) is 34.6 Å². The first-order valence-corrected chi connectivity index (χ1v) is 6.51. The van der Waals surface area contributed by atoms with E-state index in [4.69, 9.17) is 5.11 Å². The SMILES string of the molecule is CCN(C(=O)NCC(C)(C)C(=O)NC)C(C)(C)C(=O)O. The van der Waals surface area contributed by atoms with Gasteiger partial charge in [-0.15, -0.1) is 0 Å². The lowest BCUT2D eigenvalue weighted by Gasteiger charge is -2.35. The third-order valence-electron chi connectivity index (χ3n) is 3.28. The molecule has 3 N–H and O–H groups in total. The molecule has 0 aromatic carbocycles.